The average molecular weight is 534 g/mol. The molecule has 37 heavy (non-hydrogen) atoms. The number of ether oxygens (including phenoxy) is 1. The molecule has 3 rings (SSSR count). The van der Waals surface area contributed by atoms with Crippen molar-refractivity contribution >= 4 is 27.6 Å². The summed E-state index contributed by atoms with van der Waals surface area (Å²) in [6.07, 6.45) is 0.739. The van der Waals surface area contributed by atoms with E-state index in [0.717, 1.165) is 11.8 Å². The van der Waals surface area contributed by atoms with E-state index < -0.39 is 16.0 Å². The number of aliphatic hydroxyl groups excluding tert-OH is 1. The predicted octanol–water partition coefficient (Wildman–Crippen LogP) is 2.04. The maximum absolute atomic E-state index is 13.2. The summed E-state index contributed by atoms with van der Waals surface area (Å²) in [5, 5.41) is 18.9. The van der Waals surface area contributed by atoms with Crippen LogP contribution in [0.4, 0.5) is 5.69 Å². The number of carbonyl (C=O) groups excluding carboxylic acids is 1. The molecule has 0 unspecified atom stereocenters. The molecule has 0 spiro atoms. The average Bonchev–Trinajstić information content (AvgIpc) is 2.86. The van der Waals surface area contributed by atoms with Crippen molar-refractivity contribution in [3.05, 3.63) is 59.2 Å². The third kappa shape index (κ3) is 7.91. The smallest absolute Gasteiger partial charge is 0.335 e. The molecule has 10 nitrogen and oxygen atoms in total. The number of carboxylic acids is 1. The molecule has 0 saturated heterocycles. The number of benzene rings is 2. The van der Waals surface area contributed by atoms with Gasteiger partial charge in [-0.05, 0) is 49.9 Å². The maximum Gasteiger partial charge on any atom is 0.335 e. The van der Waals surface area contributed by atoms with E-state index in [1.165, 1.54) is 0 Å². The van der Waals surface area contributed by atoms with Gasteiger partial charge >= 0.3 is 5.97 Å². The van der Waals surface area contributed by atoms with Crippen molar-refractivity contribution in [3.63, 3.8) is 0 Å². The third-order valence-electron chi connectivity index (χ3n) is 6.36. The second kappa shape index (κ2) is 11.9. The monoisotopic (exact) mass is 533 g/mol. The molecule has 202 valence electrons. The summed E-state index contributed by atoms with van der Waals surface area (Å²) in [4.78, 5) is 28.1. The van der Waals surface area contributed by atoms with Gasteiger partial charge in [0, 0.05) is 36.8 Å². The number of anilines is 1. The Labute approximate surface area is 217 Å². The number of sulfonamides is 1. The zero-order valence-electron chi connectivity index (χ0n) is 21.5. The summed E-state index contributed by atoms with van der Waals surface area (Å²) in [6, 6.07) is 11.2. The summed E-state index contributed by atoms with van der Waals surface area (Å²) < 4.78 is 32.3. The molecular formula is C26H35N3O7S. The molecule has 11 heteroatoms. The Morgan fingerprint density at radius 3 is 2.51 bits per heavy atom. The third-order valence-corrected chi connectivity index (χ3v) is 6.97. The number of hydrogen-bond donors (Lipinski definition) is 3. The van der Waals surface area contributed by atoms with Crippen LogP contribution in [0.1, 0.15) is 35.3 Å². The Bertz CT molecular complexity index is 1220. The van der Waals surface area contributed by atoms with Crippen molar-refractivity contribution in [3.8, 4) is 5.75 Å². The lowest BCUT2D eigenvalue weighted by atomic mass is 10.0. The van der Waals surface area contributed by atoms with Gasteiger partial charge in [0.1, 0.15) is 11.9 Å². The first kappa shape index (κ1) is 28.4. The molecule has 3 N–H and O–H groups in total. The lowest BCUT2D eigenvalue weighted by molar-refractivity contribution is -0.134. The van der Waals surface area contributed by atoms with Crippen LogP contribution >= 0.6 is 0 Å². The number of carbonyl (C=O) groups is 2. The molecule has 3 atom stereocenters. The minimum atomic E-state index is -3.50. The highest BCUT2D eigenvalue weighted by Gasteiger charge is 2.31. The molecule has 0 aliphatic carbocycles. The summed E-state index contributed by atoms with van der Waals surface area (Å²) in [6.45, 7) is 5.06. The van der Waals surface area contributed by atoms with Gasteiger partial charge in [0.25, 0.3) is 0 Å². The van der Waals surface area contributed by atoms with Gasteiger partial charge in [-0.3, -0.25) is 14.4 Å². The van der Waals surface area contributed by atoms with Crippen LogP contribution in [0.5, 0.6) is 5.75 Å². The number of likely N-dealkylation sites (N-methyl/N-ethyl adjacent to an activating group) is 1. The van der Waals surface area contributed by atoms with E-state index in [1.54, 1.807) is 54.3 Å². The van der Waals surface area contributed by atoms with Crippen LogP contribution in [0.15, 0.2) is 42.5 Å². The van der Waals surface area contributed by atoms with E-state index in [9.17, 15) is 23.1 Å². The first-order valence-corrected chi connectivity index (χ1v) is 13.9. The molecule has 1 aliphatic rings. The quantitative estimate of drug-likeness (QED) is 0.446. The second-order valence-corrected chi connectivity index (χ2v) is 11.5. The van der Waals surface area contributed by atoms with Gasteiger partial charge in [-0.15, -0.1) is 0 Å². The van der Waals surface area contributed by atoms with E-state index in [4.69, 9.17) is 9.84 Å². The van der Waals surface area contributed by atoms with E-state index in [1.807, 2.05) is 14.0 Å². The predicted molar refractivity (Wildman–Crippen MR) is 140 cm³/mol. The number of carboxylic acid groups (broad SMARTS) is 1. The highest BCUT2D eigenvalue weighted by Crippen LogP contribution is 2.29. The molecule has 0 radical (unpaired) electrons. The molecule has 2 aromatic rings. The Morgan fingerprint density at radius 2 is 1.92 bits per heavy atom. The largest absolute Gasteiger partial charge is 0.488 e. The molecular weight excluding hydrogens is 498 g/mol. The van der Waals surface area contributed by atoms with Crippen LogP contribution in [-0.2, 0) is 27.8 Å². The fourth-order valence-electron chi connectivity index (χ4n) is 4.36. The Balaban J connectivity index is 1.88. The van der Waals surface area contributed by atoms with Crippen molar-refractivity contribution in [1.29, 1.82) is 0 Å². The van der Waals surface area contributed by atoms with E-state index in [2.05, 4.69) is 9.62 Å². The molecule has 0 bridgehead atoms. The van der Waals surface area contributed by atoms with Crippen LogP contribution < -0.4 is 9.46 Å². The zero-order valence-corrected chi connectivity index (χ0v) is 22.4. The molecule has 1 amide bonds. The summed E-state index contributed by atoms with van der Waals surface area (Å²) in [5.41, 5.74) is 2.07. The standard InChI is InChI=1S/C26H35N3O7S/c1-17-13-29(18(2)16-30)25(31)12-21-11-22(27-37(4,34)35)9-10-23(21)36-24(17)15-28(3)14-19-5-7-20(8-6-19)26(32)33/h5-11,17-18,24,27,30H,12-16H2,1-4H3,(H,32,33)/t17-,18-,24-/m1/s1. The lowest BCUT2D eigenvalue weighted by Gasteiger charge is -2.34. The Hall–Kier alpha value is -3.15. The van der Waals surface area contributed by atoms with Crippen molar-refractivity contribution in [1.82, 2.24) is 9.80 Å². The van der Waals surface area contributed by atoms with Gasteiger partial charge in [0.2, 0.25) is 15.9 Å². The van der Waals surface area contributed by atoms with Crippen LogP contribution in [0, 0.1) is 5.92 Å². The van der Waals surface area contributed by atoms with Crippen LogP contribution in [0.3, 0.4) is 0 Å². The van der Waals surface area contributed by atoms with Crippen LogP contribution in [0.2, 0.25) is 0 Å². The van der Waals surface area contributed by atoms with Gasteiger partial charge < -0.3 is 19.8 Å². The fraction of sp³-hybridized carbons (Fsp3) is 0.462. The van der Waals surface area contributed by atoms with Crippen molar-refractivity contribution < 1.29 is 33.0 Å². The SMILES string of the molecule is C[C@@H]1CN([C@H](C)CO)C(=O)Cc2cc(NS(C)(=O)=O)ccc2O[C@@H]1CN(C)Cc1ccc(C(=O)O)cc1. The highest BCUT2D eigenvalue weighted by atomic mass is 32.2. The number of aromatic carboxylic acids is 1. The normalized spacial score (nSPS) is 19.3. The number of nitrogens with zero attached hydrogens (tertiary/aromatic N) is 2. The molecule has 0 aromatic heterocycles. The van der Waals surface area contributed by atoms with Crippen LogP contribution in [-0.4, -0.2) is 85.5 Å². The second-order valence-electron chi connectivity index (χ2n) is 9.78. The van der Waals surface area contributed by atoms with Crippen molar-refractivity contribution in [2.75, 3.05) is 37.7 Å². The first-order chi connectivity index (χ1) is 17.4. The molecule has 0 saturated carbocycles. The topological polar surface area (TPSA) is 136 Å². The number of aliphatic hydroxyl groups is 1. The van der Waals surface area contributed by atoms with Gasteiger partial charge in [-0.2, -0.15) is 0 Å². The van der Waals surface area contributed by atoms with E-state index in [-0.39, 0.29) is 42.6 Å². The Morgan fingerprint density at radius 1 is 1.24 bits per heavy atom. The van der Waals surface area contributed by atoms with Crippen molar-refractivity contribution in [2.45, 2.75) is 39.0 Å². The fourth-order valence-corrected chi connectivity index (χ4v) is 4.92. The summed E-state index contributed by atoms with van der Waals surface area (Å²) in [7, 11) is -1.56. The van der Waals surface area contributed by atoms with Gasteiger partial charge in [-0.25, -0.2) is 13.2 Å². The number of hydrogen-bond acceptors (Lipinski definition) is 7. The summed E-state index contributed by atoms with van der Waals surface area (Å²) in [5.74, 6) is -0.740. The minimum Gasteiger partial charge on any atom is -0.488 e. The number of amides is 1. The number of rotatable bonds is 9. The van der Waals surface area contributed by atoms with Gasteiger partial charge in [0.05, 0.1) is 30.9 Å². The summed E-state index contributed by atoms with van der Waals surface area (Å²) >= 11 is 0. The molecule has 1 heterocycles. The van der Waals surface area contributed by atoms with E-state index in [0.29, 0.717) is 36.6 Å². The molecule has 1 aliphatic heterocycles. The van der Waals surface area contributed by atoms with Crippen molar-refractivity contribution in [2.24, 2.45) is 5.92 Å². The highest BCUT2D eigenvalue weighted by molar-refractivity contribution is 7.92. The maximum atomic E-state index is 13.2. The zero-order chi connectivity index (χ0) is 27.3. The Kier molecular flexibility index (Phi) is 9.16. The minimum absolute atomic E-state index is 0.00413. The van der Waals surface area contributed by atoms with Gasteiger partial charge in [-0.1, -0.05) is 19.1 Å². The lowest BCUT2D eigenvalue weighted by Crippen LogP contribution is -2.47. The molecule has 0 fully saturated rings. The first-order valence-electron chi connectivity index (χ1n) is 12.0. The van der Waals surface area contributed by atoms with Gasteiger partial charge in [0.15, 0.2) is 0 Å². The number of fused-ring (bicyclic) bond motifs is 1. The number of nitrogens with one attached hydrogen (secondary N) is 1. The van der Waals surface area contributed by atoms with E-state index >= 15 is 0 Å². The molecule has 2 aromatic carbocycles. The van der Waals surface area contributed by atoms with Crippen LogP contribution in [0.25, 0.3) is 0 Å².